The smallest absolute Gasteiger partial charge is 0.255 e. The number of fused-ring (bicyclic) bond motifs is 1. The number of ether oxygens (including phenoxy) is 1. The zero-order chi connectivity index (χ0) is 18.8. The van der Waals surface area contributed by atoms with E-state index in [9.17, 15) is 4.79 Å². The lowest BCUT2D eigenvalue weighted by Gasteiger charge is -2.11. The van der Waals surface area contributed by atoms with E-state index >= 15 is 0 Å². The van der Waals surface area contributed by atoms with Crippen molar-refractivity contribution >= 4 is 34.4 Å². The lowest BCUT2D eigenvalue weighted by Crippen LogP contribution is -2.12. The third-order valence-corrected chi connectivity index (χ3v) is 4.22. The number of amides is 1. The summed E-state index contributed by atoms with van der Waals surface area (Å²) in [5.74, 6) is 0.657. The molecule has 0 saturated carbocycles. The summed E-state index contributed by atoms with van der Waals surface area (Å²) in [5.41, 5.74) is 2.80. The fourth-order valence-electron chi connectivity index (χ4n) is 2.63. The SMILES string of the molecule is COc1ccc(-c2nc3ncccc3o2)cc1NC(=O)c1ccc(Cl)cc1. The highest BCUT2D eigenvalue weighted by molar-refractivity contribution is 6.30. The average molecular weight is 380 g/mol. The van der Waals surface area contributed by atoms with Crippen LogP contribution in [0.25, 0.3) is 22.7 Å². The Kier molecular flexibility index (Phi) is 4.48. The van der Waals surface area contributed by atoms with Gasteiger partial charge in [-0.25, -0.2) is 4.98 Å². The molecule has 2 aromatic heterocycles. The normalized spacial score (nSPS) is 10.7. The van der Waals surface area contributed by atoms with Crippen molar-refractivity contribution < 1.29 is 13.9 Å². The van der Waals surface area contributed by atoms with Crippen LogP contribution in [-0.4, -0.2) is 23.0 Å². The number of hydrogen-bond acceptors (Lipinski definition) is 5. The summed E-state index contributed by atoms with van der Waals surface area (Å²) in [7, 11) is 1.54. The van der Waals surface area contributed by atoms with Crippen LogP contribution in [0.15, 0.2) is 65.2 Å². The summed E-state index contributed by atoms with van der Waals surface area (Å²) < 4.78 is 11.1. The van der Waals surface area contributed by atoms with Crippen molar-refractivity contribution in [2.75, 3.05) is 12.4 Å². The molecule has 2 heterocycles. The number of halogens is 1. The van der Waals surface area contributed by atoms with E-state index in [1.165, 1.54) is 7.11 Å². The van der Waals surface area contributed by atoms with Gasteiger partial charge in [0.2, 0.25) is 5.89 Å². The molecule has 0 aliphatic rings. The molecular weight excluding hydrogens is 366 g/mol. The summed E-state index contributed by atoms with van der Waals surface area (Å²) in [6.07, 6.45) is 1.65. The molecule has 0 bridgehead atoms. The number of carbonyl (C=O) groups is 1. The Morgan fingerprint density at radius 1 is 1.15 bits per heavy atom. The second-order valence-corrected chi connectivity index (χ2v) is 6.16. The van der Waals surface area contributed by atoms with E-state index in [1.807, 2.05) is 6.07 Å². The van der Waals surface area contributed by atoms with E-state index in [2.05, 4.69) is 15.3 Å². The Balaban J connectivity index is 1.68. The van der Waals surface area contributed by atoms with E-state index in [-0.39, 0.29) is 5.91 Å². The molecule has 27 heavy (non-hydrogen) atoms. The number of methoxy groups -OCH3 is 1. The summed E-state index contributed by atoms with van der Waals surface area (Å²) in [6, 6.07) is 15.5. The molecule has 7 heteroatoms. The molecule has 0 aliphatic carbocycles. The first-order valence-electron chi connectivity index (χ1n) is 8.11. The van der Waals surface area contributed by atoms with Crippen molar-refractivity contribution in [2.24, 2.45) is 0 Å². The monoisotopic (exact) mass is 379 g/mol. The van der Waals surface area contributed by atoms with E-state index in [0.717, 1.165) is 0 Å². The van der Waals surface area contributed by atoms with Crippen molar-refractivity contribution in [3.05, 3.63) is 71.4 Å². The van der Waals surface area contributed by atoms with Gasteiger partial charge in [-0.1, -0.05) is 11.6 Å². The highest BCUT2D eigenvalue weighted by Crippen LogP contribution is 2.32. The zero-order valence-electron chi connectivity index (χ0n) is 14.3. The summed E-state index contributed by atoms with van der Waals surface area (Å²) in [6.45, 7) is 0. The van der Waals surface area contributed by atoms with Gasteiger partial charge in [-0.15, -0.1) is 0 Å². The van der Waals surface area contributed by atoms with Gasteiger partial charge in [0.25, 0.3) is 5.91 Å². The molecule has 0 aliphatic heterocycles. The van der Waals surface area contributed by atoms with E-state index in [4.69, 9.17) is 20.8 Å². The topological polar surface area (TPSA) is 77.2 Å². The van der Waals surface area contributed by atoms with Gasteiger partial charge in [0, 0.05) is 22.3 Å². The van der Waals surface area contributed by atoms with Gasteiger partial charge in [-0.05, 0) is 54.6 Å². The van der Waals surface area contributed by atoms with Gasteiger partial charge in [0.1, 0.15) is 5.75 Å². The quantitative estimate of drug-likeness (QED) is 0.551. The number of nitrogens with one attached hydrogen (secondary N) is 1. The molecule has 1 N–H and O–H groups in total. The second-order valence-electron chi connectivity index (χ2n) is 5.72. The van der Waals surface area contributed by atoms with Crippen LogP contribution in [0.5, 0.6) is 5.75 Å². The van der Waals surface area contributed by atoms with E-state index < -0.39 is 0 Å². The number of oxazole rings is 1. The van der Waals surface area contributed by atoms with Gasteiger partial charge in [-0.2, -0.15) is 4.98 Å². The molecular formula is C20H14ClN3O3. The number of carbonyl (C=O) groups excluding carboxylic acids is 1. The largest absolute Gasteiger partial charge is 0.495 e. The van der Waals surface area contributed by atoms with Gasteiger partial charge >= 0.3 is 0 Å². The van der Waals surface area contributed by atoms with Crippen LogP contribution in [0, 0.1) is 0 Å². The molecule has 0 fully saturated rings. The maximum absolute atomic E-state index is 12.5. The number of nitrogens with zero attached hydrogens (tertiary/aromatic N) is 2. The van der Waals surface area contributed by atoms with Crippen LogP contribution < -0.4 is 10.1 Å². The number of rotatable bonds is 4. The minimum atomic E-state index is -0.277. The molecule has 0 unspecified atom stereocenters. The fourth-order valence-corrected chi connectivity index (χ4v) is 2.75. The van der Waals surface area contributed by atoms with Crippen LogP contribution in [0.1, 0.15) is 10.4 Å². The van der Waals surface area contributed by atoms with Crippen LogP contribution >= 0.6 is 11.6 Å². The first kappa shape index (κ1) is 17.1. The minimum Gasteiger partial charge on any atom is -0.495 e. The molecule has 2 aromatic carbocycles. The van der Waals surface area contributed by atoms with Gasteiger partial charge < -0.3 is 14.5 Å². The standard InChI is InChI=1S/C20H14ClN3O3/c1-26-16-9-6-13(20-24-18-17(27-20)3-2-10-22-18)11-15(16)23-19(25)12-4-7-14(21)8-5-12/h2-11H,1H3,(H,23,25). The van der Waals surface area contributed by atoms with Crippen LogP contribution in [0.4, 0.5) is 5.69 Å². The number of hydrogen-bond donors (Lipinski definition) is 1. The Morgan fingerprint density at radius 2 is 1.96 bits per heavy atom. The Labute approximate surface area is 159 Å². The zero-order valence-corrected chi connectivity index (χ0v) is 15.0. The number of pyridine rings is 1. The highest BCUT2D eigenvalue weighted by atomic mass is 35.5. The first-order chi connectivity index (χ1) is 13.1. The lowest BCUT2D eigenvalue weighted by atomic mass is 10.1. The predicted octanol–water partition coefficient (Wildman–Crippen LogP) is 4.80. The lowest BCUT2D eigenvalue weighted by molar-refractivity contribution is 0.102. The van der Waals surface area contributed by atoms with Crippen molar-refractivity contribution in [1.82, 2.24) is 9.97 Å². The molecule has 1 amide bonds. The Morgan fingerprint density at radius 3 is 2.70 bits per heavy atom. The van der Waals surface area contributed by atoms with Gasteiger partial charge in [0.05, 0.1) is 12.8 Å². The molecule has 0 saturated heterocycles. The van der Waals surface area contributed by atoms with E-state index in [1.54, 1.807) is 54.7 Å². The molecule has 0 atom stereocenters. The van der Waals surface area contributed by atoms with Crippen molar-refractivity contribution in [2.45, 2.75) is 0 Å². The maximum atomic E-state index is 12.5. The molecule has 4 aromatic rings. The third-order valence-electron chi connectivity index (χ3n) is 3.97. The summed E-state index contributed by atoms with van der Waals surface area (Å²) in [5, 5.41) is 3.41. The van der Waals surface area contributed by atoms with Crippen molar-refractivity contribution in [3.63, 3.8) is 0 Å². The fraction of sp³-hybridized carbons (Fsp3) is 0.0500. The number of benzene rings is 2. The Hall–Kier alpha value is -3.38. The average Bonchev–Trinajstić information content (AvgIpc) is 3.12. The van der Waals surface area contributed by atoms with Gasteiger partial charge in [-0.3, -0.25) is 4.79 Å². The third kappa shape index (κ3) is 3.47. The Bertz CT molecular complexity index is 1090. The molecule has 4 rings (SSSR count). The first-order valence-corrected chi connectivity index (χ1v) is 8.49. The number of aromatic nitrogens is 2. The number of anilines is 1. The minimum absolute atomic E-state index is 0.277. The van der Waals surface area contributed by atoms with Crippen LogP contribution in [0.3, 0.4) is 0 Å². The second kappa shape index (κ2) is 7.09. The summed E-state index contributed by atoms with van der Waals surface area (Å²) in [4.78, 5) is 21.1. The molecule has 134 valence electrons. The molecule has 0 spiro atoms. The highest BCUT2D eigenvalue weighted by Gasteiger charge is 2.14. The van der Waals surface area contributed by atoms with E-state index in [0.29, 0.717) is 44.7 Å². The maximum Gasteiger partial charge on any atom is 0.255 e. The van der Waals surface area contributed by atoms with Crippen LogP contribution in [0.2, 0.25) is 5.02 Å². The summed E-state index contributed by atoms with van der Waals surface area (Å²) >= 11 is 5.87. The van der Waals surface area contributed by atoms with Crippen LogP contribution in [-0.2, 0) is 0 Å². The van der Waals surface area contributed by atoms with Gasteiger partial charge in [0.15, 0.2) is 11.2 Å². The molecule has 6 nitrogen and oxygen atoms in total. The molecule has 0 radical (unpaired) electrons. The van der Waals surface area contributed by atoms with Crippen molar-refractivity contribution in [1.29, 1.82) is 0 Å². The predicted molar refractivity (Wildman–Crippen MR) is 103 cm³/mol. The van der Waals surface area contributed by atoms with Crippen molar-refractivity contribution in [3.8, 4) is 17.2 Å².